The van der Waals surface area contributed by atoms with Crippen molar-refractivity contribution >= 4 is 40.8 Å². The van der Waals surface area contributed by atoms with Crippen LogP contribution in [0.5, 0.6) is 0 Å². The van der Waals surface area contributed by atoms with Gasteiger partial charge in [-0.05, 0) is 61.8 Å². The molecule has 1 N–H and O–H groups in total. The lowest BCUT2D eigenvalue weighted by Gasteiger charge is -2.40. The molecule has 2 saturated heterocycles. The van der Waals surface area contributed by atoms with Crippen molar-refractivity contribution in [2.75, 3.05) is 41.9 Å². The Balaban J connectivity index is 1.47. The molecule has 1 unspecified atom stereocenters. The highest BCUT2D eigenvalue weighted by molar-refractivity contribution is 7.99. The third-order valence-electron chi connectivity index (χ3n) is 6.21. The van der Waals surface area contributed by atoms with Gasteiger partial charge in [-0.25, -0.2) is 4.98 Å². The predicted molar refractivity (Wildman–Crippen MR) is 127 cm³/mol. The van der Waals surface area contributed by atoms with Crippen LogP contribution in [0.15, 0.2) is 36.5 Å². The van der Waals surface area contributed by atoms with Crippen LogP contribution in [0, 0.1) is 6.92 Å². The molecular formula is C23H29ClN4OS. The van der Waals surface area contributed by atoms with E-state index in [1.54, 1.807) is 12.3 Å². The van der Waals surface area contributed by atoms with Gasteiger partial charge in [0, 0.05) is 54.9 Å². The number of hydrogen-bond donors (Lipinski definition) is 1. The number of amides is 1. The number of nitrogens with one attached hydrogen (secondary N) is 1. The number of piperidine rings is 1. The number of anilines is 2. The molecule has 30 heavy (non-hydrogen) atoms. The van der Waals surface area contributed by atoms with E-state index in [9.17, 15) is 4.79 Å². The van der Waals surface area contributed by atoms with E-state index in [0.717, 1.165) is 43.2 Å². The topological polar surface area (TPSA) is 48.5 Å². The van der Waals surface area contributed by atoms with Gasteiger partial charge >= 0.3 is 0 Å². The predicted octanol–water partition coefficient (Wildman–Crippen LogP) is 4.70. The molecule has 1 aromatic carbocycles. The number of aryl methyl sites for hydroxylation is 1. The van der Waals surface area contributed by atoms with Crippen LogP contribution in [-0.4, -0.2) is 59.5 Å². The van der Waals surface area contributed by atoms with Crippen LogP contribution in [0.3, 0.4) is 0 Å². The molecule has 5 nitrogen and oxygen atoms in total. The van der Waals surface area contributed by atoms with Gasteiger partial charge < -0.3 is 10.2 Å². The largest absolute Gasteiger partial charge is 0.371 e. The third-order valence-corrected chi connectivity index (χ3v) is 7.58. The van der Waals surface area contributed by atoms with Gasteiger partial charge in [0.1, 0.15) is 5.82 Å². The summed E-state index contributed by atoms with van der Waals surface area (Å²) in [7, 11) is 2.09. The third kappa shape index (κ3) is 4.93. The number of pyridine rings is 1. The van der Waals surface area contributed by atoms with Crippen molar-refractivity contribution in [3.63, 3.8) is 0 Å². The number of thioether (sulfide) groups is 1. The first-order valence-electron chi connectivity index (χ1n) is 10.6. The summed E-state index contributed by atoms with van der Waals surface area (Å²) >= 11 is 8.32. The zero-order chi connectivity index (χ0) is 21.1. The van der Waals surface area contributed by atoms with Gasteiger partial charge in [-0.15, -0.1) is 0 Å². The van der Waals surface area contributed by atoms with Crippen LogP contribution in [0.4, 0.5) is 11.5 Å². The lowest BCUT2D eigenvalue weighted by Crippen LogP contribution is -2.47. The molecule has 0 radical (unpaired) electrons. The van der Waals surface area contributed by atoms with Crippen LogP contribution < -0.4 is 10.2 Å². The summed E-state index contributed by atoms with van der Waals surface area (Å²) in [4.78, 5) is 22.2. The number of hydrogen-bond acceptors (Lipinski definition) is 5. The number of halogens is 1. The van der Waals surface area contributed by atoms with Crippen molar-refractivity contribution in [2.45, 2.75) is 38.3 Å². The van der Waals surface area contributed by atoms with Crippen LogP contribution in [-0.2, 0) is 0 Å². The molecule has 1 aromatic heterocycles. The summed E-state index contributed by atoms with van der Waals surface area (Å²) in [6.45, 7) is 4.23. The summed E-state index contributed by atoms with van der Waals surface area (Å²) in [5, 5.41) is 3.47. The van der Waals surface area contributed by atoms with Crippen molar-refractivity contribution in [3.8, 4) is 0 Å². The van der Waals surface area contributed by atoms with E-state index in [0.29, 0.717) is 22.4 Å². The van der Waals surface area contributed by atoms with Crippen molar-refractivity contribution in [1.82, 2.24) is 9.88 Å². The minimum atomic E-state index is -0.184. The molecule has 2 aliphatic rings. The molecule has 0 spiro atoms. The van der Waals surface area contributed by atoms with Gasteiger partial charge in [-0.1, -0.05) is 17.7 Å². The molecule has 2 aromatic rings. The number of benzene rings is 1. The van der Waals surface area contributed by atoms with Gasteiger partial charge in [-0.3, -0.25) is 9.69 Å². The SMILES string of the molecule is Cc1ccc(NC(=O)c2cc(Cl)ccc2N(C)C2CCN(C3CCSC3)CC2)nc1. The number of carbonyl (C=O) groups is 1. The Kier molecular flexibility index (Phi) is 6.86. The van der Waals surface area contributed by atoms with Gasteiger partial charge in [0.15, 0.2) is 0 Å². The fourth-order valence-electron chi connectivity index (χ4n) is 4.37. The minimum absolute atomic E-state index is 0.184. The second-order valence-electron chi connectivity index (χ2n) is 8.23. The first-order chi connectivity index (χ1) is 14.5. The molecule has 160 valence electrons. The number of nitrogens with zero attached hydrogens (tertiary/aromatic N) is 3. The fourth-order valence-corrected chi connectivity index (χ4v) is 5.80. The van der Waals surface area contributed by atoms with Crippen LogP contribution >= 0.6 is 23.4 Å². The molecule has 3 heterocycles. The monoisotopic (exact) mass is 444 g/mol. The molecule has 0 saturated carbocycles. The van der Waals surface area contributed by atoms with Crippen LogP contribution in [0.2, 0.25) is 5.02 Å². The molecule has 4 rings (SSSR count). The Hall–Kier alpha value is -1.76. The van der Waals surface area contributed by atoms with E-state index in [2.05, 4.69) is 38.9 Å². The Labute approximate surface area is 188 Å². The Morgan fingerprint density at radius 3 is 2.70 bits per heavy atom. The summed E-state index contributed by atoms with van der Waals surface area (Å²) in [5.41, 5.74) is 2.56. The average Bonchev–Trinajstić information content (AvgIpc) is 3.30. The number of aromatic nitrogens is 1. The molecule has 1 amide bonds. The molecule has 2 fully saturated rings. The Morgan fingerprint density at radius 1 is 1.23 bits per heavy atom. The summed E-state index contributed by atoms with van der Waals surface area (Å²) in [6.07, 6.45) is 5.29. The van der Waals surface area contributed by atoms with Gasteiger partial charge in [0.2, 0.25) is 0 Å². The highest BCUT2D eigenvalue weighted by atomic mass is 35.5. The normalized spacial score (nSPS) is 20.3. The number of rotatable bonds is 5. The maximum atomic E-state index is 13.0. The van der Waals surface area contributed by atoms with E-state index in [1.165, 1.54) is 17.9 Å². The molecule has 0 bridgehead atoms. The second kappa shape index (κ2) is 9.58. The highest BCUT2D eigenvalue weighted by Crippen LogP contribution is 2.31. The van der Waals surface area contributed by atoms with E-state index in [-0.39, 0.29) is 5.91 Å². The minimum Gasteiger partial charge on any atom is -0.371 e. The van der Waals surface area contributed by atoms with Gasteiger partial charge in [0.05, 0.1) is 5.56 Å². The number of likely N-dealkylation sites (tertiary alicyclic amines) is 1. The number of carbonyl (C=O) groups excluding carboxylic acids is 1. The smallest absolute Gasteiger partial charge is 0.258 e. The molecule has 2 aliphatic heterocycles. The first kappa shape index (κ1) is 21.5. The maximum Gasteiger partial charge on any atom is 0.258 e. The summed E-state index contributed by atoms with van der Waals surface area (Å²) in [6, 6.07) is 10.5. The Bertz CT molecular complexity index is 877. The molecule has 7 heteroatoms. The summed E-state index contributed by atoms with van der Waals surface area (Å²) < 4.78 is 0. The fraction of sp³-hybridized carbons (Fsp3) is 0.478. The quantitative estimate of drug-likeness (QED) is 0.724. The maximum absolute atomic E-state index is 13.0. The van der Waals surface area contributed by atoms with Crippen LogP contribution in [0.1, 0.15) is 35.2 Å². The zero-order valence-electron chi connectivity index (χ0n) is 17.6. The van der Waals surface area contributed by atoms with Crippen LogP contribution in [0.25, 0.3) is 0 Å². The van der Waals surface area contributed by atoms with Gasteiger partial charge in [0.25, 0.3) is 5.91 Å². The summed E-state index contributed by atoms with van der Waals surface area (Å²) in [5.74, 6) is 2.93. The molecule has 0 aliphatic carbocycles. The lowest BCUT2D eigenvalue weighted by atomic mass is 10.00. The average molecular weight is 445 g/mol. The van der Waals surface area contributed by atoms with Crippen molar-refractivity contribution in [3.05, 3.63) is 52.7 Å². The van der Waals surface area contributed by atoms with E-state index < -0.39 is 0 Å². The van der Waals surface area contributed by atoms with E-state index in [4.69, 9.17) is 11.6 Å². The van der Waals surface area contributed by atoms with E-state index in [1.807, 2.05) is 31.2 Å². The second-order valence-corrected chi connectivity index (χ2v) is 9.82. The van der Waals surface area contributed by atoms with E-state index >= 15 is 0 Å². The highest BCUT2D eigenvalue weighted by Gasteiger charge is 2.30. The van der Waals surface area contributed by atoms with Crippen molar-refractivity contribution < 1.29 is 4.79 Å². The van der Waals surface area contributed by atoms with Crippen molar-refractivity contribution in [1.29, 1.82) is 0 Å². The lowest BCUT2D eigenvalue weighted by molar-refractivity contribution is 0.102. The standard InChI is InChI=1S/C23H29ClN4OS/c1-16-3-6-22(25-14-16)26-23(29)20-13-17(24)4-5-21(20)27(2)18-7-10-28(11-8-18)19-9-12-30-15-19/h3-6,13-14,18-19H,7-12,15H2,1-2H3,(H,25,26,29). The van der Waals surface area contributed by atoms with Gasteiger partial charge in [-0.2, -0.15) is 11.8 Å². The van der Waals surface area contributed by atoms with Crippen molar-refractivity contribution in [2.24, 2.45) is 0 Å². The molecule has 1 atom stereocenters. The first-order valence-corrected chi connectivity index (χ1v) is 12.1. The zero-order valence-corrected chi connectivity index (χ0v) is 19.2. The molecular weight excluding hydrogens is 416 g/mol. The Morgan fingerprint density at radius 2 is 2.03 bits per heavy atom.